The van der Waals surface area contributed by atoms with Crippen molar-refractivity contribution >= 4 is 11.6 Å². The fourth-order valence-corrected chi connectivity index (χ4v) is 4.00. The second kappa shape index (κ2) is 11.2. The van der Waals surface area contributed by atoms with Crippen molar-refractivity contribution in [3.8, 4) is 5.75 Å². The quantitative estimate of drug-likeness (QED) is 0.390. The minimum Gasteiger partial charge on any atom is -0.497 e. The lowest BCUT2D eigenvalue weighted by Crippen LogP contribution is -2.32. The van der Waals surface area contributed by atoms with Crippen LogP contribution in [0.2, 0.25) is 0 Å². The topological polar surface area (TPSA) is 85.2 Å². The lowest BCUT2D eigenvalue weighted by molar-refractivity contribution is 0.0950. The van der Waals surface area contributed by atoms with E-state index in [1.54, 1.807) is 24.9 Å². The molecule has 2 N–H and O–H groups in total. The van der Waals surface area contributed by atoms with Gasteiger partial charge < -0.3 is 19.9 Å². The number of amides is 1. The SMILES string of the molecule is CNc1cc(=O)n(Cc2ccccn2)c(Cc2cccc(OC)c2)c1C(=O)NCc1ccccc1. The average Bonchev–Trinajstić information content (AvgIpc) is 2.90. The number of hydrogen-bond donors (Lipinski definition) is 2. The predicted octanol–water partition coefficient (Wildman–Crippen LogP) is 3.86. The minimum absolute atomic E-state index is 0.211. The molecule has 4 aromatic rings. The summed E-state index contributed by atoms with van der Waals surface area (Å²) < 4.78 is 7.01. The molecule has 0 atom stereocenters. The van der Waals surface area contributed by atoms with Crippen LogP contribution in [0.15, 0.2) is 89.9 Å². The van der Waals surface area contributed by atoms with Gasteiger partial charge in [0.1, 0.15) is 5.75 Å². The highest BCUT2D eigenvalue weighted by molar-refractivity contribution is 6.00. The number of hydrogen-bond acceptors (Lipinski definition) is 5. The largest absolute Gasteiger partial charge is 0.497 e. The van der Waals surface area contributed by atoms with E-state index in [9.17, 15) is 9.59 Å². The van der Waals surface area contributed by atoms with Crippen LogP contribution in [0.5, 0.6) is 5.75 Å². The van der Waals surface area contributed by atoms with Gasteiger partial charge in [-0.25, -0.2) is 0 Å². The lowest BCUT2D eigenvalue weighted by atomic mass is 10.0. The molecule has 7 nitrogen and oxygen atoms in total. The Morgan fingerprint density at radius 3 is 2.46 bits per heavy atom. The molecule has 35 heavy (non-hydrogen) atoms. The number of aromatic nitrogens is 2. The summed E-state index contributed by atoms with van der Waals surface area (Å²) in [4.78, 5) is 31.2. The van der Waals surface area contributed by atoms with Crippen molar-refractivity contribution in [1.29, 1.82) is 0 Å². The first-order valence-corrected chi connectivity index (χ1v) is 11.4. The Kier molecular flexibility index (Phi) is 7.57. The van der Waals surface area contributed by atoms with Gasteiger partial charge in [-0.05, 0) is 35.4 Å². The van der Waals surface area contributed by atoms with Gasteiger partial charge in [-0.15, -0.1) is 0 Å². The van der Waals surface area contributed by atoms with Gasteiger partial charge >= 0.3 is 0 Å². The van der Waals surface area contributed by atoms with Crippen LogP contribution in [0.4, 0.5) is 5.69 Å². The molecule has 0 radical (unpaired) electrons. The highest BCUT2D eigenvalue weighted by atomic mass is 16.5. The van der Waals surface area contributed by atoms with Gasteiger partial charge in [-0.2, -0.15) is 0 Å². The maximum absolute atomic E-state index is 13.5. The smallest absolute Gasteiger partial charge is 0.255 e. The lowest BCUT2D eigenvalue weighted by Gasteiger charge is -2.20. The van der Waals surface area contributed by atoms with Crippen LogP contribution in [0.3, 0.4) is 0 Å². The number of carbonyl (C=O) groups is 1. The Morgan fingerprint density at radius 1 is 0.971 bits per heavy atom. The van der Waals surface area contributed by atoms with Gasteiger partial charge in [0, 0.05) is 38.0 Å². The summed E-state index contributed by atoms with van der Waals surface area (Å²) in [5, 5.41) is 6.06. The van der Waals surface area contributed by atoms with Crippen molar-refractivity contribution in [3.63, 3.8) is 0 Å². The van der Waals surface area contributed by atoms with Gasteiger partial charge in [0.25, 0.3) is 11.5 Å². The number of ether oxygens (including phenoxy) is 1. The molecule has 7 heteroatoms. The molecule has 0 aliphatic heterocycles. The molecule has 4 rings (SSSR count). The molecular weight excluding hydrogens is 440 g/mol. The Bertz CT molecular complexity index is 1350. The number of methoxy groups -OCH3 is 1. The summed E-state index contributed by atoms with van der Waals surface area (Å²) in [5.74, 6) is 0.451. The molecular formula is C28H28N4O3. The maximum Gasteiger partial charge on any atom is 0.255 e. The summed E-state index contributed by atoms with van der Waals surface area (Å²) in [6.45, 7) is 0.628. The summed E-state index contributed by atoms with van der Waals surface area (Å²) in [6, 6.07) is 24.4. The second-order valence-corrected chi connectivity index (χ2v) is 8.07. The van der Waals surface area contributed by atoms with Crippen molar-refractivity contribution in [3.05, 3.63) is 123 Å². The molecule has 178 valence electrons. The third kappa shape index (κ3) is 5.76. The Hall–Kier alpha value is -4.39. The number of nitrogens with one attached hydrogen (secondary N) is 2. The Labute approximate surface area is 204 Å². The van der Waals surface area contributed by atoms with Gasteiger partial charge in [0.15, 0.2) is 0 Å². The molecule has 0 saturated carbocycles. The van der Waals surface area contributed by atoms with E-state index in [2.05, 4.69) is 15.6 Å². The van der Waals surface area contributed by atoms with Gasteiger partial charge in [0.2, 0.25) is 0 Å². The fourth-order valence-electron chi connectivity index (χ4n) is 4.00. The van der Waals surface area contributed by atoms with E-state index in [4.69, 9.17) is 4.74 Å². The highest BCUT2D eigenvalue weighted by Crippen LogP contribution is 2.23. The number of nitrogens with zero attached hydrogens (tertiary/aromatic N) is 2. The van der Waals surface area contributed by atoms with Gasteiger partial charge in [0.05, 0.1) is 30.6 Å². The molecule has 1 amide bonds. The normalized spacial score (nSPS) is 10.6. The van der Waals surface area contributed by atoms with Gasteiger partial charge in [-0.1, -0.05) is 48.5 Å². The van der Waals surface area contributed by atoms with Crippen LogP contribution in [0.1, 0.15) is 32.9 Å². The number of anilines is 1. The van der Waals surface area contributed by atoms with E-state index in [1.807, 2.05) is 72.8 Å². The Morgan fingerprint density at radius 2 is 1.74 bits per heavy atom. The molecule has 0 fully saturated rings. The first-order chi connectivity index (χ1) is 17.1. The molecule has 0 spiro atoms. The first-order valence-electron chi connectivity index (χ1n) is 11.4. The zero-order valence-electron chi connectivity index (χ0n) is 19.8. The molecule has 2 heterocycles. The zero-order chi connectivity index (χ0) is 24.6. The number of rotatable bonds is 9. The molecule has 2 aromatic carbocycles. The first kappa shape index (κ1) is 23.8. The number of carbonyl (C=O) groups excluding carboxylic acids is 1. The van der Waals surface area contributed by atoms with Crippen LogP contribution in [0.25, 0.3) is 0 Å². The standard InChI is InChI=1S/C28H28N4O3/c1-29-24-17-26(33)32(19-22-12-6-7-14-30-22)25(16-21-11-8-13-23(15-21)35-2)27(24)28(34)31-18-20-9-4-3-5-10-20/h3-15,17,29H,16,18-19H2,1-2H3,(H,31,34). The molecule has 0 aliphatic rings. The van der Waals surface area contributed by atoms with E-state index in [1.165, 1.54) is 6.07 Å². The third-order valence-corrected chi connectivity index (χ3v) is 5.76. The van der Waals surface area contributed by atoms with Crippen LogP contribution in [-0.4, -0.2) is 29.6 Å². The summed E-state index contributed by atoms with van der Waals surface area (Å²) in [7, 11) is 3.32. The van der Waals surface area contributed by atoms with Crippen LogP contribution < -0.4 is 20.9 Å². The zero-order valence-corrected chi connectivity index (χ0v) is 19.8. The molecule has 0 unspecified atom stereocenters. The predicted molar refractivity (Wildman–Crippen MR) is 137 cm³/mol. The maximum atomic E-state index is 13.5. The van der Waals surface area contributed by atoms with E-state index in [-0.39, 0.29) is 18.0 Å². The van der Waals surface area contributed by atoms with Crippen molar-refractivity contribution in [2.24, 2.45) is 0 Å². The van der Waals surface area contributed by atoms with E-state index in [0.717, 1.165) is 16.8 Å². The third-order valence-electron chi connectivity index (χ3n) is 5.76. The van der Waals surface area contributed by atoms with Crippen LogP contribution in [0, 0.1) is 0 Å². The van der Waals surface area contributed by atoms with Gasteiger partial charge in [-0.3, -0.25) is 14.6 Å². The van der Waals surface area contributed by atoms with Crippen molar-refractivity contribution in [1.82, 2.24) is 14.9 Å². The van der Waals surface area contributed by atoms with E-state index < -0.39 is 0 Å². The molecule has 0 bridgehead atoms. The van der Waals surface area contributed by atoms with Crippen molar-refractivity contribution in [2.45, 2.75) is 19.5 Å². The Balaban J connectivity index is 1.80. The molecule has 2 aromatic heterocycles. The van der Waals surface area contributed by atoms with Crippen LogP contribution in [-0.2, 0) is 19.5 Å². The average molecular weight is 469 g/mol. The number of benzene rings is 2. The molecule has 0 aliphatic carbocycles. The van der Waals surface area contributed by atoms with E-state index >= 15 is 0 Å². The van der Waals surface area contributed by atoms with E-state index in [0.29, 0.717) is 35.7 Å². The summed E-state index contributed by atoms with van der Waals surface area (Å²) >= 11 is 0. The second-order valence-electron chi connectivity index (χ2n) is 8.07. The van der Waals surface area contributed by atoms with Crippen molar-refractivity contribution < 1.29 is 9.53 Å². The monoisotopic (exact) mass is 468 g/mol. The minimum atomic E-state index is -0.258. The summed E-state index contributed by atoms with van der Waals surface area (Å²) in [5.41, 5.74) is 3.95. The highest BCUT2D eigenvalue weighted by Gasteiger charge is 2.22. The fraction of sp³-hybridized carbons (Fsp3) is 0.179. The van der Waals surface area contributed by atoms with Crippen LogP contribution >= 0.6 is 0 Å². The summed E-state index contributed by atoms with van der Waals surface area (Å²) in [6.07, 6.45) is 2.06. The number of pyridine rings is 2. The molecule has 0 saturated heterocycles. The van der Waals surface area contributed by atoms with Crippen molar-refractivity contribution in [2.75, 3.05) is 19.5 Å².